The first-order valence-corrected chi connectivity index (χ1v) is 10.3. The normalized spacial score (nSPS) is 11.4. The van der Waals surface area contributed by atoms with Crippen LogP contribution in [0.5, 0.6) is 0 Å². The number of ether oxygens (including phenoxy) is 1. The molecular weight excluding hydrogens is 380 g/mol. The summed E-state index contributed by atoms with van der Waals surface area (Å²) in [5.74, 6) is -0.433. The summed E-state index contributed by atoms with van der Waals surface area (Å²) < 4.78 is 34.6. The van der Waals surface area contributed by atoms with E-state index in [1.807, 2.05) is 38.1 Å². The van der Waals surface area contributed by atoms with Gasteiger partial charge >= 0.3 is 5.97 Å². The van der Waals surface area contributed by atoms with E-state index in [0.29, 0.717) is 5.82 Å². The van der Waals surface area contributed by atoms with Crippen molar-refractivity contribution in [3.63, 3.8) is 0 Å². The molecule has 0 atom stereocenters. The van der Waals surface area contributed by atoms with Crippen molar-refractivity contribution in [3.8, 4) is 11.4 Å². The van der Waals surface area contributed by atoms with Gasteiger partial charge in [-0.15, -0.1) is 0 Å². The molecule has 2 aromatic carbocycles. The Balaban J connectivity index is 1.52. The number of rotatable bonds is 7. The Labute approximate surface area is 163 Å². The number of hydrogen-bond donors (Lipinski definition) is 0. The molecule has 0 radical (unpaired) electrons. The van der Waals surface area contributed by atoms with E-state index in [4.69, 9.17) is 9.26 Å². The number of hydrogen-bond acceptors (Lipinski definition) is 7. The highest BCUT2D eigenvalue weighted by Crippen LogP contribution is 2.17. The van der Waals surface area contributed by atoms with Crippen molar-refractivity contribution in [1.82, 2.24) is 10.1 Å². The minimum Gasteiger partial charge on any atom is -0.456 e. The van der Waals surface area contributed by atoms with Crippen molar-refractivity contribution >= 4 is 15.8 Å². The van der Waals surface area contributed by atoms with Gasteiger partial charge in [0, 0.05) is 5.56 Å². The van der Waals surface area contributed by atoms with Crippen LogP contribution in [0.25, 0.3) is 11.4 Å². The predicted molar refractivity (Wildman–Crippen MR) is 102 cm³/mol. The molecule has 0 aliphatic heterocycles. The fraction of sp³-hybridized carbons (Fsp3) is 0.250. The molecule has 1 aromatic heterocycles. The van der Waals surface area contributed by atoms with Gasteiger partial charge in [-0.2, -0.15) is 4.98 Å². The second-order valence-electron chi connectivity index (χ2n) is 6.42. The number of sulfone groups is 1. The topological polar surface area (TPSA) is 99.4 Å². The third-order valence-electron chi connectivity index (χ3n) is 4.09. The van der Waals surface area contributed by atoms with Crippen molar-refractivity contribution in [1.29, 1.82) is 0 Å². The fourth-order valence-corrected chi connectivity index (χ4v) is 3.65. The lowest BCUT2D eigenvalue weighted by Crippen LogP contribution is -2.13. The van der Waals surface area contributed by atoms with Crippen LogP contribution < -0.4 is 0 Å². The lowest BCUT2D eigenvalue weighted by Gasteiger charge is -2.05. The maximum absolute atomic E-state index is 12.3. The first-order valence-electron chi connectivity index (χ1n) is 8.68. The number of carbonyl (C=O) groups is 1. The van der Waals surface area contributed by atoms with Gasteiger partial charge in [0.2, 0.25) is 5.82 Å². The lowest BCUT2D eigenvalue weighted by molar-refractivity contribution is -0.145. The van der Waals surface area contributed by atoms with Crippen LogP contribution in [0.1, 0.15) is 23.4 Å². The summed E-state index contributed by atoms with van der Waals surface area (Å²) >= 11 is 0. The molecule has 0 unspecified atom stereocenters. The van der Waals surface area contributed by atoms with Gasteiger partial charge < -0.3 is 9.26 Å². The summed E-state index contributed by atoms with van der Waals surface area (Å²) in [5, 5.41) is 3.85. The zero-order valence-electron chi connectivity index (χ0n) is 15.6. The Morgan fingerprint density at radius 1 is 1.00 bits per heavy atom. The standard InChI is InChI=1S/C20H20N2O5S/c1-14-3-7-16(8-4-14)20-21-18(27-22-20)13-26-19(23)11-12-28(24,25)17-9-5-15(2)6-10-17/h3-10H,11-13H2,1-2H3. The minimum atomic E-state index is -3.54. The second-order valence-corrected chi connectivity index (χ2v) is 8.53. The van der Waals surface area contributed by atoms with E-state index in [1.54, 1.807) is 12.1 Å². The molecule has 0 fully saturated rings. The SMILES string of the molecule is Cc1ccc(-c2noc(COC(=O)CCS(=O)(=O)c3ccc(C)cc3)n2)cc1. The second kappa shape index (κ2) is 8.35. The first-order chi connectivity index (χ1) is 13.3. The molecule has 0 N–H and O–H groups in total. The fourth-order valence-electron chi connectivity index (χ4n) is 2.43. The number of esters is 1. The van der Waals surface area contributed by atoms with Crippen LogP contribution in [0.3, 0.4) is 0 Å². The molecule has 0 saturated carbocycles. The zero-order chi connectivity index (χ0) is 20.1. The van der Waals surface area contributed by atoms with Gasteiger partial charge in [-0.05, 0) is 26.0 Å². The molecule has 0 amide bonds. The molecule has 146 valence electrons. The maximum Gasteiger partial charge on any atom is 0.307 e. The Morgan fingerprint density at radius 3 is 2.25 bits per heavy atom. The van der Waals surface area contributed by atoms with Gasteiger partial charge in [0.25, 0.3) is 5.89 Å². The Morgan fingerprint density at radius 2 is 1.61 bits per heavy atom. The molecule has 3 rings (SSSR count). The molecule has 8 heteroatoms. The average molecular weight is 400 g/mol. The van der Waals surface area contributed by atoms with E-state index in [-0.39, 0.29) is 29.6 Å². The van der Waals surface area contributed by atoms with Crippen molar-refractivity contribution in [2.24, 2.45) is 0 Å². The van der Waals surface area contributed by atoms with E-state index in [9.17, 15) is 13.2 Å². The third-order valence-corrected chi connectivity index (χ3v) is 5.82. The molecule has 0 spiro atoms. The van der Waals surface area contributed by atoms with Crippen molar-refractivity contribution in [2.75, 3.05) is 5.75 Å². The molecule has 1 heterocycles. The van der Waals surface area contributed by atoms with Gasteiger partial charge in [-0.25, -0.2) is 8.42 Å². The number of nitrogens with zero attached hydrogens (tertiary/aromatic N) is 2. The number of benzene rings is 2. The molecule has 0 aliphatic rings. The Hall–Kier alpha value is -3.00. The highest BCUT2D eigenvalue weighted by atomic mass is 32.2. The quantitative estimate of drug-likeness (QED) is 0.561. The monoisotopic (exact) mass is 400 g/mol. The van der Waals surface area contributed by atoms with E-state index >= 15 is 0 Å². The van der Waals surface area contributed by atoms with Crippen LogP contribution in [-0.4, -0.2) is 30.3 Å². The van der Waals surface area contributed by atoms with Crippen LogP contribution in [0, 0.1) is 13.8 Å². The van der Waals surface area contributed by atoms with E-state index < -0.39 is 15.8 Å². The average Bonchev–Trinajstić information content (AvgIpc) is 3.15. The molecule has 0 aliphatic carbocycles. The van der Waals surface area contributed by atoms with Gasteiger partial charge in [0.05, 0.1) is 17.1 Å². The minimum absolute atomic E-state index is 0.144. The summed E-state index contributed by atoms with van der Waals surface area (Å²) in [4.78, 5) is 16.2. The molecule has 0 saturated heterocycles. The molecule has 0 bridgehead atoms. The van der Waals surface area contributed by atoms with Crippen molar-refractivity contribution in [3.05, 3.63) is 65.5 Å². The predicted octanol–water partition coefficient (Wildman–Crippen LogP) is 3.26. The van der Waals surface area contributed by atoms with Crippen LogP contribution >= 0.6 is 0 Å². The number of aromatic nitrogens is 2. The molecule has 7 nitrogen and oxygen atoms in total. The van der Waals surface area contributed by atoms with Crippen LogP contribution in [-0.2, 0) is 26.0 Å². The van der Waals surface area contributed by atoms with Crippen molar-refractivity contribution < 1.29 is 22.5 Å². The Bertz CT molecular complexity index is 1050. The first kappa shape index (κ1) is 19.8. The lowest BCUT2D eigenvalue weighted by atomic mass is 10.1. The van der Waals surface area contributed by atoms with Gasteiger partial charge in [0.15, 0.2) is 16.4 Å². The highest BCUT2D eigenvalue weighted by Gasteiger charge is 2.18. The Kier molecular flexibility index (Phi) is 5.89. The molecule has 3 aromatic rings. The van der Waals surface area contributed by atoms with Gasteiger partial charge in [-0.1, -0.05) is 52.7 Å². The highest BCUT2D eigenvalue weighted by molar-refractivity contribution is 7.91. The third kappa shape index (κ3) is 5.04. The van der Waals surface area contributed by atoms with Gasteiger partial charge in [0.1, 0.15) is 0 Å². The summed E-state index contributed by atoms with van der Waals surface area (Å²) in [6.07, 6.45) is -0.255. The number of carbonyl (C=O) groups excluding carboxylic acids is 1. The number of aryl methyl sites for hydroxylation is 2. The van der Waals surface area contributed by atoms with Crippen LogP contribution in [0.15, 0.2) is 57.9 Å². The summed E-state index contributed by atoms with van der Waals surface area (Å²) in [5.41, 5.74) is 2.86. The van der Waals surface area contributed by atoms with Gasteiger partial charge in [-0.3, -0.25) is 4.79 Å². The van der Waals surface area contributed by atoms with Crippen molar-refractivity contribution in [2.45, 2.75) is 31.8 Å². The van der Waals surface area contributed by atoms with Crippen LogP contribution in [0.4, 0.5) is 0 Å². The van der Waals surface area contributed by atoms with E-state index in [1.165, 1.54) is 12.1 Å². The largest absolute Gasteiger partial charge is 0.456 e. The smallest absolute Gasteiger partial charge is 0.307 e. The molecule has 28 heavy (non-hydrogen) atoms. The molecular formula is C20H20N2O5S. The van der Waals surface area contributed by atoms with E-state index in [0.717, 1.165) is 16.7 Å². The van der Waals surface area contributed by atoms with Crippen LogP contribution in [0.2, 0.25) is 0 Å². The summed E-state index contributed by atoms with van der Waals surface area (Å²) in [7, 11) is -3.54. The summed E-state index contributed by atoms with van der Waals surface area (Å²) in [6, 6.07) is 14.1. The maximum atomic E-state index is 12.3. The zero-order valence-corrected chi connectivity index (χ0v) is 16.4. The summed E-state index contributed by atoms with van der Waals surface area (Å²) in [6.45, 7) is 3.64. The van der Waals surface area contributed by atoms with E-state index in [2.05, 4.69) is 10.1 Å².